The lowest BCUT2D eigenvalue weighted by atomic mass is 10.1. The van der Waals surface area contributed by atoms with Crippen LogP contribution in [0.3, 0.4) is 0 Å². The summed E-state index contributed by atoms with van der Waals surface area (Å²) in [5.74, 6) is -0.475. The van der Waals surface area contributed by atoms with Gasteiger partial charge in [0, 0.05) is 37.6 Å². The Labute approximate surface area is 183 Å². The van der Waals surface area contributed by atoms with E-state index in [-0.39, 0.29) is 18.1 Å². The number of halogens is 4. The third kappa shape index (κ3) is 6.70. The Morgan fingerprint density at radius 2 is 1.61 bits per heavy atom. The summed E-state index contributed by atoms with van der Waals surface area (Å²) in [4.78, 5) is 28.3. The van der Waals surface area contributed by atoms with Crippen molar-refractivity contribution in [2.45, 2.75) is 19.0 Å². The minimum absolute atomic E-state index is 0.0288. The topological polar surface area (TPSA) is 52.7 Å². The van der Waals surface area contributed by atoms with Crippen LogP contribution < -0.4 is 5.32 Å². The minimum Gasteiger partial charge on any atom is -0.340 e. The molecule has 31 heavy (non-hydrogen) atoms. The van der Waals surface area contributed by atoms with Gasteiger partial charge in [-0.1, -0.05) is 35.9 Å². The normalized spacial score (nSPS) is 15.0. The Bertz CT molecular complexity index is 911. The highest BCUT2D eigenvalue weighted by Gasteiger charge is 2.33. The molecule has 0 saturated carbocycles. The van der Waals surface area contributed by atoms with Crippen LogP contribution in [0.25, 0.3) is 0 Å². The molecule has 2 amide bonds. The highest BCUT2D eigenvalue weighted by Crippen LogP contribution is 2.34. The van der Waals surface area contributed by atoms with Gasteiger partial charge >= 0.3 is 6.18 Å². The van der Waals surface area contributed by atoms with Crippen molar-refractivity contribution >= 4 is 29.1 Å². The molecular weight excluding hydrogens is 431 g/mol. The lowest BCUT2D eigenvalue weighted by Crippen LogP contribution is -2.50. The number of hydrogen-bond acceptors (Lipinski definition) is 3. The van der Waals surface area contributed by atoms with E-state index in [2.05, 4.69) is 5.32 Å². The summed E-state index contributed by atoms with van der Waals surface area (Å²) in [5.41, 5.74) is -0.0948. The van der Waals surface area contributed by atoms with E-state index in [0.29, 0.717) is 44.0 Å². The number of alkyl halides is 3. The molecular formula is C22H23ClF3N3O2. The first-order valence-corrected chi connectivity index (χ1v) is 10.3. The Kier molecular flexibility index (Phi) is 7.56. The van der Waals surface area contributed by atoms with Crippen molar-refractivity contribution in [1.82, 2.24) is 9.80 Å². The first-order valence-electron chi connectivity index (χ1n) is 9.93. The number of para-hydroxylation sites is 1. The van der Waals surface area contributed by atoms with Crippen molar-refractivity contribution in [3.63, 3.8) is 0 Å². The average molecular weight is 454 g/mol. The minimum atomic E-state index is -4.54. The van der Waals surface area contributed by atoms with E-state index in [9.17, 15) is 22.8 Å². The summed E-state index contributed by atoms with van der Waals surface area (Å²) in [7, 11) is 0. The SMILES string of the molecule is O=C(CN1CCN(C(=O)CCc2ccc(Cl)cc2)CC1)Nc1ccccc1C(F)(F)F. The molecule has 166 valence electrons. The molecule has 0 spiro atoms. The fourth-order valence-electron chi connectivity index (χ4n) is 3.45. The molecule has 1 aliphatic heterocycles. The van der Waals surface area contributed by atoms with Gasteiger partial charge in [-0.2, -0.15) is 13.2 Å². The number of nitrogens with one attached hydrogen (secondary N) is 1. The number of piperazine rings is 1. The third-order valence-electron chi connectivity index (χ3n) is 5.14. The van der Waals surface area contributed by atoms with Crippen LogP contribution in [0.5, 0.6) is 0 Å². The van der Waals surface area contributed by atoms with Gasteiger partial charge in [-0.3, -0.25) is 14.5 Å². The van der Waals surface area contributed by atoms with Crippen LogP contribution in [0.2, 0.25) is 5.02 Å². The van der Waals surface area contributed by atoms with Gasteiger partial charge in [0.05, 0.1) is 17.8 Å². The fourth-order valence-corrected chi connectivity index (χ4v) is 3.57. The zero-order chi connectivity index (χ0) is 22.4. The lowest BCUT2D eigenvalue weighted by Gasteiger charge is -2.34. The summed E-state index contributed by atoms with van der Waals surface area (Å²) in [6.07, 6.45) is -3.53. The van der Waals surface area contributed by atoms with Crippen LogP contribution in [-0.2, 0) is 22.2 Å². The van der Waals surface area contributed by atoms with Crippen LogP contribution in [0.1, 0.15) is 17.5 Å². The molecule has 2 aromatic rings. The first-order chi connectivity index (χ1) is 14.7. The zero-order valence-corrected chi connectivity index (χ0v) is 17.5. The summed E-state index contributed by atoms with van der Waals surface area (Å²) in [5, 5.41) is 3.00. The molecule has 0 aliphatic carbocycles. The second-order valence-corrected chi connectivity index (χ2v) is 7.81. The van der Waals surface area contributed by atoms with Crippen molar-refractivity contribution in [3.05, 3.63) is 64.7 Å². The van der Waals surface area contributed by atoms with E-state index in [1.807, 2.05) is 17.0 Å². The Morgan fingerprint density at radius 3 is 2.26 bits per heavy atom. The summed E-state index contributed by atoms with van der Waals surface area (Å²) >= 11 is 5.86. The maximum atomic E-state index is 13.1. The molecule has 3 rings (SSSR count). The predicted molar refractivity (Wildman–Crippen MR) is 113 cm³/mol. The Morgan fingerprint density at radius 1 is 0.968 bits per heavy atom. The smallest absolute Gasteiger partial charge is 0.340 e. The van der Waals surface area contributed by atoms with E-state index in [0.717, 1.165) is 11.6 Å². The average Bonchev–Trinajstić information content (AvgIpc) is 2.73. The van der Waals surface area contributed by atoms with Crippen molar-refractivity contribution in [1.29, 1.82) is 0 Å². The molecule has 1 heterocycles. The Balaban J connectivity index is 1.44. The van der Waals surface area contributed by atoms with Crippen LogP contribution in [0.15, 0.2) is 48.5 Å². The van der Waals surface area contributed by atoms with Crippen molar-refractivity contribution in [2.75, 3.05) is 38.0 Å². The number of aryl methyl sites for hydroxylation is 1. The molecule has 0 atom stereocenters. The molecule has 0 radical (unpaired) electrons. The second-order valence-electron chi connectivity index (χ2n) is 7.37. The molecule has 2 aromatic carbocycles. The maximum absolute atomic E-state index is 13.1. The number of nitrogens with zero attached hydrogens (tertiary/aromatic N) is 2. The summed E-state index contributed by atoms with van der Waals surface area (Å²) in [6, 6.07) is 12.3. The van der Waals surface area contributed by atoms with E-state index in [1.165, 1.54) is 18.2 Å². The molecule has 1 aliphatic rings. The van der Waals surface area contributed by atoms with Gasteiger partial charge < -0.3 is 10.2 Å². The number of carbonyl (C=O) groups excluding carboxylic acids is 2. The second kappa shape index (κ2) is 10.2. The van der Waals surface area contributed by atoms with Gasteiger partial charge in [0.15, 0.2) is 0 Å². The van der Waals surface area contributed by atoms with Crippen LogP contribution in [0, 0.1) is 0 Å². The van der Waals surface area contributed by atoms with Gasteiger partial charge in [-0.15, -0.1) is 0 Å². The molecule has 1 fully saturated rings. The molecule has 1 N–H and O–H groups in total. The summed E-state index contributed by atoms with van der Waals surface area (Å²) in [6.45, 7) is 1.90. The number of hydrogen-bond donors (Lipinski definition) is 1. The van der Waals surface area contributed by atoms with Gasteiger partial charge in [-0.05, 0) is 36.2 Å². The molecule has 9 heteroatoms. The predicted octanol–water partition coefficient (Wildman–Crippen LogP) is 4.07. The van der Waals surface area contributed by atoms with E-state index >= 15 is 0 Å². The monoisotopic (exact) mass is 453 g/mol. The number of amides is 2. The fraction of sp³-hybridized carbons (Fsp3) is 0.364. The number of benzene rings is 2. The number of carbonyl (C=O) groups is 2. The third-order valence-corrected chi connectivity index (χ3v) is 5.39. The highest BCUT2D eigenvalue weighted by atomic mass is 35.5. The van der Waals surface area contributed by atoms with Crippen molar-refractivity contribution in [3.8, 4) is 0 Å². The molecule has 5 nitrogen and oxygen atoms in total. The van der Waals surface area contributed by atoms with E-state index in [4.69, 9.17) is 11.6 Å². The van der Waals surface area contributed by atoms with Gasteiger partial charge in [-0.25, -0.2) is 0 Å². The van der Waals surface area contributed by atoms with Gasteiger partial charge in [0.25, 0.3) is 0 Å². The lowest BCUT2D eigenvalue weighted by molar-refractivity contribution is -0.137. The highest BCUT2D eigenvalue weighted by molar-refractivity contribution is 6.30. The van der Waals surface area contributed by atoms with Crippen molar-refractivity contribution < 1.29 is 22.8 Å². The van der Waals surface area contributed by atoms with E-state index in [1.54, 1.807) is 17.0 Å². The maximum Gasteiger partial charge on any atom is 0.418 e. The molecule has 0 aromatic heterocycles. The quantitative estimate of drug-likeness (QED) is 0.717. The van der Waals surface area contributed by atoms with Crippen LogP contribution in [-0.4, -0.2) is 54.3 Å². The van der Waals surface area contributed by atoms with Crippen LogP contribution >= 0.6 is 11.6 Å². The number of anilines is 1. The van der Waals surface area contributed by atoms with E-state index < -0.39 is 17.6 Å². The summed E-state index contributed by atoms with van der Waals surface area (Å²) < 4.78 is 39.2. The van der Waals surface area contributed by atoms with Gasteiger partial charge in [0.2, 0.25) is 11.8 Å². The van der Waals surface area contributed by atoms with Gasteiger partial charge in [0.1, 0.15) is 0 Å². The molecule has 0 unspecified atom stereocenters. The van der Waals surface area contributed by atoms with Crippen LogP contribution in [0.4, 0.5) is 18.9 Å². The molecule has 0 bridgehead atoms. The zero-order valence-electron chi connectivity index (χ0n) is 16.8. The van der Waals surface area contributed by atoms with Crippen molar-refractivity contribution in [2.24, 2.45) is 0 Å². The number of rotatable bonds is 6. The molecule has 1 saturated heterocycles. The standard InChI is InChI=1S/C22H23ClF3N3O2/c23-17-8-5-16(6-9-17)7-10-21(31)29-13-11-28(12-14-29)15-20(30)27-19-4-2-1-3-18(19)22(24,25)26/h1-6,8-9H,7,10-15H2,(H,27,30). The Hall–Kier alpha value is -2.58. The largest absolute Gasteiger partial charge is 0.418 e. The first kappa shape index (κ1) is 23.1.